The van der Waals surface area contributed by atoms with Crippen LogP contribution in [0.25, 0.3) is 0 Å². The Bertz CT molecular complexity index is 588. The second-order valence-electron chi connectivity index (χ2n) is 6.64. The molecule has 3 rings (SSSR count). The Balaban J connectivity index is 1.41. The number of benzene rings is 1. The van der Waals surface area contributed by atoms with Gasteiger partial charge in [0.05, 0.1) is 18.3 Å². The van der Waals surface area contributed by atoms with Crippen LogP contribution in [0, 0.1) is 12.8 Å². The Hall–Kier alpha value is -1.65. The molecule has 1 saturated heterocycles. The van der Waals surface area contributed by atoms with Gasteiger partial charge < -0.3 is 9.63 Å². The van der Waals surface area contributed by atoms with Crippen molar-refractivity contribution in [1.29, 1.82) is 0 Å². The van der Waals surface area contributed by atoms with Gasteiger partial charge in [0, 0.05) is 6.07 Å². The summed E-state index contributed by atoms with van der Waals surface area (Å²) >= 11 is 0. The number of aliphatic hydroxyl groups excluding tert-OH is 1. The number of hydrogen-bond acceptors (Lipinski definition) is 4. The molecule has 1 aromatic heterocycles. The summed E-state index contributed by atoms with van der Waals surface area (Å²) < 4.78 is 5.29. The topological polar surface area (TPSA) is 49.5 Å². The maximum absolute atomic E-state index is 10.5. The van der Waals surface area contributed by atoms with Crippen LogP contribution in [0.2, 0.25) is 0 Å². The monoisotopic (exact) mass is 314 g/mol. The van der Waals surface area contributed by atoms with Crippen molar-refractivity contribution in [2.75, 3.05) is 13.1 Å². The number of aryl methyl sites for hydroxylation is 2. The van der Waals surface area contributed by atoms with Crippen molar-refractivity contribution in [1.82, 2.24) is 10.1 Å². The minimum Gasteiger partial charge on any atom is -0.393 e. The number of nitrogens with zero attached hydrogens (tertiary/aromatic N) is 2. The van der Waals surface area contributed by atoms with Crippen LogP contribution in [-0.4, -0.2) is 34.4 Å². The van der Waals surface area contributed by atoms with E-state index >= 15 is 0 Å². The maximum Gasteiger partial charge on any atom is 0.150 e. The first-order chi connectivity index (χ1) is 11.2. The molecule has 1 aliphatic rings. The molecule has 1 fully saturated rings. The Morgan fingerprint density at radius 2 is 2.00 bits per heavy atom. The van der Waals surface area contributed by atoms with Gasteiger partial charge in [-0.15, -0.1) is 0 Å². The summed E-state index contributed by atoms with van der Waals surface area (Å²) in [5, 5.41) is 14.4. The summed E-state index contributed by atoms with van der Waals surface area (Å²) in [6, 6.07) is 12.4. The molecule has 4 nitrogen and oxygen atoms in total. The van der Waals surface area contributed by atoms with E-state index in [1.807, 2.05) is 19.1 Å². The summed E-state index contributed by atoms with van der Waals surface area (Å²) in [6.45, 7) is 4.82. The highest BCUT2D eigenvalue weighted by molar-refractivity contribution is 5.14. The average molecular weight is 314 g/mol. The van der Waals surface area contributed by atoms with Crippen LogP contribution in [0.4, 0.5) is 0 Å². The lowest BCUT2D eigenvalue weighted by atomic mass is 9.88. The fourth-order valence-corrected chi connectivity index (χ4v) is 3.40. The molecule has 0 amide bonds. The van der Waals surface area contributed by atoms with Crippen LogP contribution >= 0.6 is 0 Å². The van der Waals surface area contributed by atoms with E-state index in [-0.39, 0.29) is 6.10 Å². The van der Waals surface area contributed by atoms with Gasteiger partial charge in [-0.2, -0.15) is 0 Å². The van der Waals surface area contributed by atoms with Gasteiger partial charge in [0.25, 0.3) is 0 Å². The van der Waals surface area contributed by atoms with E-state index < -0.39 is 0 Å². The molecule has 1 aromatic carbocycles. The van der Waals surface area contributed by atoms with Crippen LogP contribution in [0.3, 0.4) is 0 Å². The van der Waals surface area contributed by atoms with Gasteiger partial charge in [-0.25, -0.2) is 0 Å². The number of hydrogen-bond donors (Lipinski definition) is 1. The first kappa shape index (κ1) is 16.2. The van der Waals surface area contributed by atoms with E-state index in [9.17, 15) is 5.11 Å². The number of rotatable bonds is 6. The lowest BCUT2D eigenvalue weighted by Crippen LogP contribution is -2.37. The van der Waals surface area contributed by atoms with E-state index in [4.69, 9.17) is 4.52 Å². The summed E-state index contributed by atoms with van der Waals surface area (Å²) in [4.78, 5) is 2.39. The van der Waals surface area contributed by atoms with E-state index in [1.54, 1.807) is 0 Å². The maximum atomic E-state index is 10.5. The van der Waals surface area contributed by atoms with E-state index in [0.29, 0.717) is 5.92 Å². The highest BCUT2D eigenvalue weighted by Crippen LogP contribution is 2.24. The molecular weight excluding hydrogens is 288 g/mol. The Kier molecular flexibility index (Phi) is 5.47. The molecular formula is C19H26N2O2. The van der Waals surface area contributed by atoms with Gasteiger partial charge in [0.2, 0.25) is 0 Å². The quantitative estimate of drug-likeness (QED) is 0.889. The number of aromatic nitrogens is 1. The molecule has 1 aliphatic heterocycles. The molecule has 124 valence electrons. The molecule has 0 radical (unpaired) electrons. The predicted molar refractivity (Wildman–Crippen MR) is 90.0 cm³/mol. The zero-order valence-electron chi connectivity index (χ0n) is 13.8. The van der Waals surface area contributed by atoms with Crippen LogP contribution in [0.15, 0.2) is 40.9 Å². The second-order valence-corrected chi connectivity index (χ2v) is 6.64. The van der Waals surface area contributed by atoms with Gasteiger partial charge in [0.1, 0.15) is 0 Å². The van der Waals surface area contributed by atoms with Crippen molar-refractivity contribution in [2.45, 2.75) is 45.3 Å². The molecule has 0 aliphatic carbocycles. The van der Waals surface area contributed by atoms with E-state index in [2.05, 4.69) is 34.3 Å². The van der Waals surface area contributed by atoms with Crippen molar-refractivity contribution in [3.63, 3.8) is 0 Å². The molecule has 1 atom stereocenters. The summed E-state index contributed by atoms with van der Waals surface area (Å²) in [7, 11) is 0. The standard InChI is InChI=1S/C19H26N2O2/c1-15-13-18(23-20-15)14-21-11-9-17(10-12-21)19(22)8-7-16-5-3-2-4-6-16/h2-6,13,17,19,22H,7-12,14H2,1H3/t19-/m0/s1. The number of aliphatic hydroxyl groups is 1. The third-order valence-electron chi connectivity index (χ3n) is 4.80. The largest absolute Gasteiger partial charge is 0.393 e. The van der Waals surface area contributed by atoms with Crippen LogP contribution in [-0.2, 0) is 13.0 Å². The average Bonchev–Trinajstić information content (AvgIpc) is 2.99. The zero-order chi connectivity index (χ0) is 16.1. The molecule has 4 heteroatoms. The number of piperidine rings is 1. The minimum absolute atomic E-state index is 0.190. The van der Waals surface area contributed by atoms with Crippen molar-refractivity contribution < 1.29 is 9.63 Å². The SMILES string of the molecule is Cc1cc(CN2CCC([C@@H](O)CCc3ccccc3)CC2)on1. The summed E-state index contributed by atoms with van der Waals surface area (Å²) in [5.41, 5.74) is 2.25. The lowest BCUT2D eigenvalue weighted by Gasteiger charge is -2.33. The Morgan fingerprint density at radius 3 is 2.65 bits per heavy atom. The van der Waals surface area contributed by atoms with Crippen molar-refractivity contribution in [3.8, 4) is 0 Å². The zero-order valence-corrected chi connectivity index (χ0v) is 13.8. The smallest absolute Gasteiger partial charge is 0.150 e. The molecule has 1 N–H and O–H groups in total. The molecule has 2 aromatic rings. The Morgan fingerprint density at radius 1 is 1.26 bits per heavy atom. The molecule has 0 saturated carbocycles. The first-order valence-electron chi connectivity index (χ1n) is 8.57. The van der Waals surface area contributed by atoms with Gasteiger partial charge in [0.15, 0.2) is 5.76 Å². The van der Waals surface area contributed by atoms with Gasteiger partial charge >= 0.3 is 0 Å². The second kappa shape index (κ2) is 7.75. The first-order valence-corrected chi connectivity index (χ1v) is 8.57. The fourth-order valence-electron chi connectivity index (χ4n) is 3.40. The molecule has 0 spiro atoms. The van der Waals surface area contributed by atoms with Crippen LogP contribution in [0.5, 0.6) is 0 Å². The third-order valence-corrected chi connectivity index (χ3v) is 4.80. The van der Waals surface area contributed by atoms with Crippen molar-refractivity contribution in [2.24, 2.45) is 5.92 Å². The Labute approximate surface area is 138 Å². The highest BCUT2D eigenvalue weighted by Gasteiger charge is 2.25. The van der Waals surface area contributed by atoms with Gasteiger partial charge in [-0.3, -0.25) is 4.90 Å². The van der Waals surface area contributed by atoms with Crippen molar-refractivity contribution >= 4 is 0 Å². The normalized spacial score (nSPS) is 18.2. The molecule has 23 heavy (non-hydrogen) atoms. The molecule has 0 bridgehead atoms. The summed E-state index contributed by atoms with van der Waals surface area (Å²) in [5.74, 6) is 1.36. The predicted octanol–water partition coefficient (Wildman–Crippen LogP) is 3.19. The minimum atomic E-state index is -0.190. The molecule has 2 heterocycles. The lowest BCUT2D eigenvalue weighted by molar-refractivity contribution is 0.0497. The van der Waals surface area contributed by atoms with E-state index in [1.165, 1.54) is 5.56 Å². The fraction of sp³-hybridized carbons (Fsp3) is 0.526. The number of likely N-dealkylation sites (tertiary alicyclic amines) is 1. The van der Waals surface area contributed by atoms with E-state index in [0.717, 1.165) is 56.8 Å². The van der Waals surface area contributed by atoms with Gasteiger partial charge in [-0.05, 0) is 57.2 Å². The molecule has 0 unspecified atom stereocenters. The summed E-state index contributed by atoms with van der Waals surface area (Å²) in [6.07, 6.45) is 3.74. The third kappa shape index (κ3) is 4.66. The van der Waals surface area contributed by atoms with Crippen LogP contribution < -0.4 is 0 Å². The van der Waals surface area contributed by atoms with Crippen LogP contribution in [0.1, 0.15) is 36.3 Å². The van der Waals surface area contributed by atoms with Gasteiger partial charge in [-0.1, -0.05) is 35.5 Å². The highest BCUT2D eigenvalue weighted by atomic mass is 16.5. The van der Waals surface area contributed by atoms with Crippen molar-refractivity contribution in [3.05, 3.63) is 53.4 Å².